The number of nitrogens with two attached hydrogens (primary N) is 1. The van der Waals surface area contributed by atoms with Gasteiger partial charge < -0.3 is 44.3 Å². The molecule has 7 N–H and O–H groups in total. The van der Waals surface area contributed by atoms with Crippen molar-refractivity contribution in [2.75, 3.05) is 25.9 Å². The van der Waals surface area contributed by atoms with E-state index in [-0.39, 0.29) is 6.61 Å². The first-order valence-corrected chi connectivity index (χ1v) is 14.3. The van der Waals surface area contributed by atoms with E-state index in [2.05, 4.69) is 15.3 Å². The van der Waals surface area contributed by atoms with Crippen LogP contribution in [0.15, 0.2) is 54.6 Å². The summed E-state index contributed by atoms with van der Waals surface area (Å²) in [4.78, 5) is 38.8. The maximum Gasteiger partial charge on any atom is 0.399 e. The molecule has 1 aliphatic heterocycles. The summed E-state index contributed by atoms with van der Waals surface area (Å²) >= 11 is 0. The highest BCUT2D eigenvalue weighted by Crippen LogP contribution is 2.28. The van der Waals surface area contributed by atoms with Crippen LogP contribution in [0.2, 0.25) is 0 Å². The van der Waals surface area contributed by atoms with Gasteiger partial charge in [0.25, 0.3) is 0 Å². The Morgan fingerprint density at radius 1 is 1.12 bits per heavy atom. The van der Waals surface area contributed by atoms with Gasteiger partial charge in [0.05, 0.1) is 26.0 Å². The van der Waals surface area contributed by atoms with Crippen LogP contribution in [-0.2, 0) is 39.6 Å². The van der Waals surface area contributed by atoms with Crippen LogP contribution in [0.1, 0.15) is 19.4 Å². The molecule has 0 aromatic heterocycles. The van der Waals surface area contributed by atoms with Crippen LogP contribution in [0.3, 0.4) is 0 Å². The highest BCUT2D eigenvalue weighted by molar-refractivity contribution is 7.50. The fourth-order valence-corrected chi connectivity index (χ4v) is 3.80. The van der Waals surface area contributed by atoms with E-state index in [1.54, 1.807) is 31.2 Å². The first-order valence-electron chi connectivity index (χ1n) is 12.7. The van der Waals surface area contributed by atoms with Gasteiger partial charge in [-0.05, 0) is 36.8 Å². The van der Waals surface area contributed by atoms with E-state index in [0.29, 0.717) is 11.4 Å². The van der Waals surface area contributed by atoms with Gasteiger partial charge in [0.15, 0.2) is 18.4 Å². The van der Waals surface area contributed by atoms with Gasteiger partial charge in [-0.25, -0.2) is 19.9 Å². The SMILES string of the molecule is COP(N)(=O)O.COc1ccc(N(OCc2ccccc2)[C@@H](C)C(=O)O[C@H]2[C@H](O)[C@@H](CO)OC(O)[C@@H]2NC(C)=O)cc1. The molecule has 3 rings (SSSR count). The summed E-state index contributed by atoms with van der Waals surface area (Å²) in [6.45, 7) is 2.29. The Morgan fingerprint density at radius 3 is 2.21 bits per heavy atom. The molecule has 1 saturated heterocycles. The van der Waals surface area contributed by atoms with Crippen molar-refractivity contribution >= 4 is 25.3 Å². The molecule has 0 spiro atoms. The second-order valence-corrected chi connectivity index (χ2v) is 10.6. The van der Waals surface area contributed by atoms with Gasteiger partial charge in [-0.2, -0.15) is 0 Å². The van der Waals surface area contributed by atoms with Crippen LogP contribution >= 0.6 is 7.75 Å². The maximum atomic E-state index is 13.3. The summed E-state index contributed by atoms with van der Waals surface area (Å²) in [6.07, 6.45) is -5.73. The van der Waals surface area contributed by atoms with E-state index in [1.807, 2.05) is 30.3 Å². The number of carbonyl (C=O) groups excluding carboxylic acids is 2. The molecule has 1 amide bonds. The number of methoxy groups -OCH3 is 1. The number of hydrogen-bond donors (Lipinski definition) is 6. The van der Waals surface area contributed by atoms with Crippen molar-refractivity contribution in [2.45, 2.75) is 57.1 Å². The number of esters is 1. The van der Waals surface area contributed by atoms with Crippen LogP contribution in [-0.4, -0.2) is 89.6 Å². The van der Waals surface area contributed by atoms with Gasteiger partial charge in [0, 0.05) is 14.0 Å². The van der Waals surface area contributed by atoms with Crippen LogP contribution in [0, 0.1) is 0 Å². The molecular weight excluding hydrogens is 577 g/mol. The number of aliphatic hydroxyl groups excluding tert-OH is 3. The third-order valence-electron chi connectivity index (χ3n) is 5.99. The Morgan fingerprint density at radius 2 is 1.71 bits per heavy atom. The lowest BCUT2D eigenvalue weighted by molar-refractivity contribution is -0.259. The molecule has 0 aliphatic carbocycles. The largest absolute Gasteiger partial charge is 0.497 e. The second-order valence-electron chi connectivity index (χ2n) is 9.07. The van der Waals surface area contributed by atoms with E-state index >= 15 is 0 Å². The molecule has 1 aliphatic rings. The van der Waals surface area contributed by atoms with Crippen molar-refractivity contribution in [1.29, 1.82) is 0 Å². The normalized spacial score (nSPS) is 23.8. The molecule has 16 heteroatoms. The predicted octanol–water partition coefficient (Wildman–Crippen LogP) is 0.201. The minimum atomic E-state index is -3.65. The van der Waals surface area contributed by atoms with Gasteiger partial charge >= 0.3 is 13.7 Å². The Balaban J connectivity index is 0.000000928. The number of nitrogens with zero attached hydrogens (tertiary/aromatic N) is 1. The number of benzene rings is 2. The molecule has 0 radical (unpaired) electrons. The molecule has 1 fully saturated rings. The molecule has 234 valence electrons. The van der Waals surface area contributed by atoms with Crippen molar-refractivity contribution in [3.05, 3.63) is 60.2 Å². The lowest BCUT2D eigenvalue weighted by atomic mass is 9.96. The van der Waals surface area contributed by atoms with Crippen molar-refractivity contribution < 1.29 is 57.9 Å². The van der Waals surface area contributed by atoms with Crippen molar-refractivity contribution in [3.8, 4) is 5.75 Å². The summed E-state index contributed by atoms with van der Waals surface area (Å²) < 4.78 is 29.5. The quantitative estimate of drug-likeness (QED) is 0.113. The first kappa shape index (κ1) is 35.1. The molecular formula is C26H38N3O12P. The maximum absolute atomic E-state index is 13.3. The summed E-state index contributed by atoms with van der Waals surface area (Å²) in [5, 5.41) is 34.3. The molecule has 1 heterocycles. The van der Waals surface area contributed by atoms with Gasteiger partial charge in [-0.15, -0.1) is 0 Å². The zero-order chi connectivity index (χ0) is 31.4. The standard InChI is InChI=1S/C25H32N2O9.CH6NO3P/c1-15(24(31)36-23-21(26-16(2)29)25(32)35-20(13-28)22(23)30)27(18-9-11-19(33-3)12-10-18)34-14-17-7-5-4-6-8-17;1-5-6(2,3)4/h4-12,15,20-23,25,28,30,32H,13-14H2,1-3H3,(H,26,29);1H3,(H3,2,3,4)/t15-,20+,21+,22+,23+,25?;/m0./s1. The lowest BCUT2D eigenvalue weighted by Crippen LogP contribution is -2.65. The number of anilines is 1. The van der Waals surface area contributed by atoms with E-state index in [4.69, 9.17) is 23.9 Å². The Kier molecular flexibility index (Phi) is 13.8. The number of aliphatic hydroxyl groups is 3. The van der Waals surface area contributed by atoms with Crippen molar-refractivity contribution in [2.24, 2.45) is 5.50 Å². The zero-order valence-corrected chi connectivity index (χ0v) is 24.5. The van der Waals surface area contributed by atoms with Crippen LogP contribution in [0.5, 0.6) is 5.75 Å². The number of nitrogens with one attached hydrogen (secondary N) is 1. The third kappa shape index (κ3) is 10.6. The Bertz CT molecular complexity index is 1170. The van der Waals surface area contributed by atoms with Crippen molar-refractivity contribution in [3.63, 3.8) is 0 Å². The van der Waals surface area contributed by atoms with E-state index in [0.717, 1.165) is 12.7 Å². The van der Waals surface area contributed by atoms with E-state index < -0.39 is 62.9 Å². The molecule has 2 unspecified atom stereocenters. The summed E-state index contributed by atoms with van der Waals surface area (Å²) in [5.74, 6) is -0.717. The lowest BCUT2D eigenvalue weighted by Gasteiger charge is -2.42. The van der Waals surface area contributed by atoms with Gasteiger partial charge in [0.2, 0.25) is 5.91 Å². The van der Waals surface area contributed by atoms with Gasteiger partial charge in [-0.3, -0.25) is 9.63 Å². The predicted molar refractivity (Wildman–Crippen MR) is 149 cm³/mol. The van der Waals surface area contributed by atoms with Crippen LogP contribution in [0.25, 0.3) is 0 Å². The van der Waals surface area contributed by atoms with Gasteiger partial charge in [0.1, 0.15) is 24.0 Å². The van der Waals surface area contributed by atoms with Gasteiger partial charge in [-0.1, -0.05) is 30.3 Å². The number of hydroxylamine groups is 1. The number of rotatable bonds is 11. The monoisotopic (exact) mass is 615 g/mol. The smallest absolute Gasteiger partial charge is 0.399 e. The topological polar surface area (TPSA) is 220 Å². The fourth-order valence-electron chi connectivity index (χ4n) is 3.80. The molecule has 15 nitrogen and oxygen atoms in total. The number of amides is 1. The number of ether oxygens (including phenoxy) is 3. The minimum absolute atomic E-state index is 0.157. The van der Waals surface area contributed by atoms with Crippen LogP contribution in [0.4, 0.5) is 5.69 Å². The minimum Gasteiger partial charge on any atom is -0.497 e. The number of carbonyl (C=O) groups is 2. The summed E-state index contributed by atoms with van der Waals surface area (Å²) in [6, 6.07) is 13.9. The molecule has 2 aromatic carbocycles. The second kappa shape index (κ2) is 16.5. The molecule has 0 bridgehead atoms. The highest BCUT2D eigenvalue weighted by atomic mass is 31.2. The molecule has 0 saturated carbocycles. The molecule has 2 aromatic rings. The summed E-state index contributed by atoms with van der Waals surface area (Å²) in [7, 11) is -1.04. The Labute approximate surface area is 243 Å². The average Bonchev–Trinajstić information content (AvgIpc) is 2.97. The van der Waals surface area contributed by atoms with E-state index in [9.17, 15) is 29.5 Å². The molecule has 42 heavy (non-hydrogen) atoms. The third-order valence-corrected chi connectivity index (χ3v) is 6.51. The average molecular weight is 616 g/mol. The molecule has 7 atom stereocenters. The Hall–Kier alpha value is -3.11. The zero-order valence-electron chi connectivity index (χ0n) is 23.6. The fraction of sp³-hybridized carbons (Fsp3) is 0.462. The summed E-state index contributed by atoms with van der Waals surface area (Å²) in [5.41, 5.74) is 5.83. The highest BCUT2D eigenvalue weighted by Gasteiger charge is 2.48. The van der Waals surface area contributed by atoms with Crippen molar-refractivity contribution in [1.82, 2.24) is 5.32 Å². The van der Waals surface area contributed by atoms with Crippen LogP contribution < -0.4 is 20.6 Å². The number of hydrogen-bond acceptors (Lipinski definition) is 12. The van der Waals surface area contributed by atoms with E-state index in [1.165, 1.54) is 19.1 Å². The first-order chi connectivity index (χ1) is 19.8.